The summed E-state index contributed by atoms with van der Waals surface area (Å²) in [6.07, 6.45) is 0.615. The molecule has 0 spiro atoms. The van der Waals surface area contributed by atoms with Gasteiger partial charge in [0.15, 0.2) is 0 Å². The van der Waals surface area contributed by atoms with Gasteiger partial charge in [0.25, 0.3) is 0 Å². The van der Waals surface area contributed by atoms with Crippen molar-refractivity contribution in [3.63, 3.8) is 0 Å². The van der Waals surface area contributed by atoms with Crippen molar-refractivity contribution in [3.8, 4) is 0 Å². The number of carbonyl (C=O) groups excluding carboxylic acids is 2. The Morgan fingerprint density at radius 1 is 1.48 bits per heavy atom. The summed E-state index contributed by atoms with van der Waals surface area (Å²) in [5, 5.41) is 3.48. The summed E-state index contributed by atoms with van der Waals surface area (Å²) >= 11 is 5.90. The van der Waals surface area contributed by atoms with Crippen molar-refractivity contribution in [3.05, 3.63) is 34.9 Å². The molecule has 1 aromatic rings. The number of nitrogens with zero attached hydrogens (tertiary/aromatic N) is 1. The van der Waals surface area contributed by atoms with E-state index < -0.39 is 5.41 Å². The molecule has 114 valence electrons. The number of urea groups is 1. The third-order valence-electron chi connectivity index (χ3n) is 3.77. The van der Waals surface area contributed by atoms with E-state index in [1.165, 1.54) is 7.11 Å². The highest BCUT2D eigenvalue weighted by Crippen LogP contribution is 2.31. The Morgan fingerprint density at radius 3 is 2.90 bits per heavy atom. The molecule has 0 aliphatic carbocycles. The number of methoxy groups -OCH3 is 1. The first-order valence-electron chi connectivity index (χ1n) is 6.80. The first-order valence-corrected chi connectivity index (χ1v) is 7.18. The number of amides is 2. The lowest BCUT2D eigenvalue weighted by atomic mass is 9.90. The molecule has 1 atom stereocenters. The molecule has 6 heteroatoms. The Kier molecular flexibility index (Phi) is 4.73. The van der Waals surface area contributed by atoms with Crippen LogP contribution in [0.25, 0.3) is 0 Å². The van der Waals surface area contributed by atoms with Crippen LogP contribution in [0.2, 0.25) is 5.02 Å². The van der Waals surface area contributed by atoms with Crippen LogP contribution < -0.4 is 5.32 Å². The van der Waals surface area contributed by atoms with E-state index in [1.54, 1.807) is 11.0 Å². The molecule has 1 heterocycles. The molecule has 1 aromatic carbocycles. The number of hydrogen-bond acceptors (Lipinski definition) is 3. The lowest BCUT2D eigenvalue weighted by Crippen LogP contribution is -2.40. The van der Waals surface area contributed by atoms with Crippen molar-refractivity contribution in [2.75, 3.05) is 20.2 Å². The third-order valence-corrected chi connectivity index (χ3v) is 4.01. The van der Waals surface area contributed by atoms with Gasteiger partial charge in [0.1, 0.15) is 0 Å². The number of carbonyl (C=O) groups is 2. The number of rotatable bonds is 3. The number of hydrogen-bond donors (Lipinski definition) is 1. The fraction of sp³-hybridized carbons (Fsp3) is 0.467. The van der Waals surface area contributed by atoms with Gasteiger partial charge in [-0.2, -0.15) is 0 Å². The van der Waals surface area contributed by atoms with Gasteiger partial charge in [-0.3, -0.25) is 4.79 Å². The highest BCUT2D eigenvalue weighted by Gasteiger charge is 2.42. The Balaban J connectivity index is 1.89. The van der Waals surface area contributed by atoms with Gasteiger partial charge in [-0.25, -0.2) is 4.79 Å². The molecule has 1 N–H and O–H groups in total. The zero-order chi connectivity index (χ0) is 15.5. The van der Waals surface area contributed by atoms with E-state index >= 15 is 0 Å². The van der Waals surface area contributed by atoms with E-state index in [0.717, 1.165) is 5.56 Å². The van der Waals surface area contributed by atoms with Crippen LogP contribution in [-0.4, -0.2) is 37.1 Å². The van der Waals surface area contributed by atoms with E-state index in [0.29, 0.717) is 31.1 Å². The molecule has 1 aliphatic rings. The van der Waals surface area contributed by atoms with Gasteiger partial charge in [0, 0.05) is 24.7 Å². The number of esters is 1. The Morgan fingerprint density at radius 2 is 2.24 bits per heavy atom. The second-order valence-electron chi connectivity index (χ2n) is 5.51. The van der Waals surface area contributed by atoms with Gasteiger partial charge in [-0.15, -0.1) is 0 Å². The van der Waals surface area contributed by atoms with E-state index in [1.807, 2.05) is 25.1 Å². The fourth-order valence-electron chi connectivity index (χ4n) is 2.48. The molecule has 2 amide bonds. The molecule has 1 unspecified atom stereocenters. The summed E-state index contributed by atoms with van der Waals surface area (Å²) < 4.78 is 4.80. The van der Waals surface area contributed by atoms with E-state index in [2.05, 4.69) is 5.32 Å². The van der Waals surface area contributed by atoms with Gasteiger partial charge < -0.3 is 15.0 Å². The standard InChI is InChI=1S/C15H19ClN2O3/c1-15(13(19)21-2)6-7-18(10-15)14(20)17-9-11-4-3-5-12(16)8-11/h3-5,8H,6-7,9-10H2,1-2H3,(H,17,20). The SMILES string of the molecule is COC(=O)C1(C)CCN(C(=O)NCc2cccc(Cl)c2)C1. The van der Waals surface area contributed by atoms with Gasteiger partial charge in [-0.05, 0) is 31.0 Å². The maximum absolute atomic E-state index is 12.1. The first kappa shape index (κ1) is 15.6. The predicted octanol–water partition coefficient (Wildman–Crippen LogP) is 2.43. The summed E-state index contributed by atoms with van der Waals surface area (Å²) in [6.45, 7) is 3.15. The molecule has 0 aromatic heterocycles. The smallest absolute Gasteiger partial charge is 0.317 e. The summed E-state index contributed by atoms with van der Waals surface area (Å²) in [4.78, 5) is 25.5. The zero-order valence-electron chi connectivity index (χ0n) is 12.2. The molecular weight excluding hydrogens is 292 g/mol. The van der Waals surface area contributed by atoms with Crippen LogP contribution in [0.3, 0.4) is 0 Å². The van der Waals surface area contributed by atoms with Crippen LogP contribution in [0.15, 0.2) is 24.3 Å². The second kappa shape index (κ2) is 6.35. The summed E-state index contributed by atoms with van der Waals surface area (Å²) in [5.74, 6) is -0.271. The van der Waals surface area contributed by atoms with Crippen molar-refractivity contribution in [1.82, 2.24) is 10.2 Å². The minimum absolute atomic E-state index is 0.178. The highest BCUT2D eigenvalue weighted by molar-refractivity contribution is 6.30. The normalized spacial score (nSPS) is 21.2. The van der Waals surface area contributed by atoms with Crippen molar-refractivity contribution >= 4 is 23.6 Å². The third kappa shape index (κ3) is 3.67. The molecule has 1 saturated heterocycles. The maximum Gasteiger partial charge on any atom is 0.317 e. The van der Waals surface area contributed by atoms with E-state index in [-0.39, 0.29) is 12.0 Å². The number of nitrogens with one attached hydrogen (secondary N) is 1. The molecule has 2 rings (SSSR count). The van der Waals surface area contributed by atoms with Gasteiger partial charge in [0.05, 0.1) is 12.5 Å². The minimum atomic E-state index is -0.609. The monoisotopic (exact) mass is 310 g/mol. The lowest BCUT2D eigenvalue weighted by molar-refractivity contribution is -0.150. The molecule has 1 aliphatic heterocycles. The van der Waals surface area contributed by atoms with Crippen LogP contribution in [0.5, 0.6) is 0 Å². The number of ether oxygens (including phenoxy) is 1. The van der Waals surface area contributed by atoms with E-state index in [9.17, 15) is 9.59 Å². The zero-order valence-corrected chi connectivity index (χ0v) is 12.9. The van der Waals surface area contributed by atoms with Gasteiger partial charge in [-0.1, -0.05) is 23.7 Å². The number of likely N-dealkylation sites (tertiary alicyclic amines) is 1. The molecular formula is C15H19ClN2O3. The van der Waals surface area contributed by atoms with Crippen LogP contribution in [-0.2, 0) is 16.1 Å². The first-order chi connectivity index (χ1) is 9.94. The van der Waals surface area contributed by atoms with Crippen LogP contribution >= 0.6 is 11.6 Å². The minimum Gasteiger partial charge on any atom is -0.469 e. The lowest BCUT2D eigenvalue weighted by Gasteiger charge is -2.22. The van der Waals surface area contributed by atoms with Gasteiger partial charge >= 0.3 is 12.0 Å². The van der Waals surface area contributed by atoms with Crippen molar-refractivity contribution in [2.45, 2.75) is 19.9 Å². The summed E-state index contributed by atoms with van der Waals surface area (Å²) in [7, 11) is 1.37. The Hall–Kier alpha value is -1.75. The molecule has 0 radical (unpaired) electrons. The molecule has 0 saturated carbocycles. The predicted molar refractivity (Wildman–Crippen MR) is 80.0 cm³/mol. The maximum atomic E-state index is 12.1. The van der Waals surface area contributed by atoms with Crippen molar-refractivity contribution in [1.29, 1.82) is 0 Å². The summed E-state index contributed by atoms with van der Waals surface area (Å²) in [6, 6.07) is 7.16. The second-order valence-corrected chi connectivity index (χ2v) is 5.95. The Labute approximate surface area is 129 Å². The highest BCUT2D eigenvalue weighted by atomic mass is 35.5. The largest absolute Gasteiger partial charge is 0.469 e. The average Bonchev–Trinajstić information content (AvgIpc) is 2.88. The van der Waals surface area contributed by atoms with Crippen LogP contribution in [0, 0.1) is 5.41 Å². The van der Waals surface area contributed by atoms with Crippen LogP contribution in [0.1, 0.15) is 18.9 Å². The van der Waals surface area contributed by atoms with E-state index in [4.69, 9.17) is 16.3 Å². The molecule has 1 fully saturated rings. The fourth-order valence-corrected chi connectivity index (χ4v) is 2.70. The molecule has 5 nitrogen and oxygen atoms in total. The summed E-state index contributed by atoms with van der Waals surface area (Å²) in [5.41, 5.74) is 0.327. The van der Waals surface area contributed by atoms with Crippen molar-refractivity contribution in [2.24, 2.45) is 5.41 Å². The van der Waals surface area contributed by atoms with Crippen molar-refractivity contribution < 1.29 is 14.3 Å². The topological polar surface area (TPSA) is 58.6 Å². The number of benzene rings is 1. The Bertz CT molecular complexity index is 549. The average molecular weight is 311 g/mol. The van der Waals surface area contributed by atoms with Gasteiger partial charge in [0.2, 0.25) is 0 Å². The molecule has 21 heavy (non-hydrogen) atoms. The number of halogens is 1. The quantitative estimate of drug-likeness (QED) is 0.872. The van der Waals surface area contributed by atoms with Crippen LogP contribution in [0.4, 0.5) is 4.79 Å². The molecule has 0 bridgehead atoms.